The van der Waals surface area contributed by atoms with Crippen LogP contribution in [0.5, 0.6) is 5.75 Å². The highest BCUT2D eigenvalue weighted by molar-refractivity contribution is 7.91. The van der Waals surface area contributed by atoms with E-state index in [0.717, 1.165) is 24.0 Å². The first-order chi connectivity index (χ1) is 28.0. The van der Waals surface area contributed by atoms with E-state index in [1.165, 1.54) is 16.2 Å². The van der Waals surface area contributed by atoms with Crippen LogP contribution in [0, 0.1) is 17.8 Å². The SMILES string of the molecule is COc1ccc(-c2csc(C(=O)N3C[C@H]4CN5C(=O)[C@H](NC(=O)Cc6ccccc6)CCCCC/C=C\[C@@H]6C[C@]6(C(=O)NS(=O)(=O)C6CC6)NC(=O)[C@@H]5[C@H]4C3)n2)cc1. The van der Waals surface area contributed by atoms with Crippen LogP contribution < -0.4 is 20.1 Å². The molecule has 2 aliphatic carbocycles. The lowest BCUT2D eigenvalue weighted by molar-refractivity contribution is -0.143. The van der Waals surface area contributed by atoms with Gasteiger partial charge in [0.15, 0.2) is 5.01 Å². The zero-order valence-corrected chi connectivity index (χ0v) is 33.9. The van der Waals surface area contributed by atoms with E-state index in [2.05, 4.69) is 20.3 Å². The molecule has 4 heterocycles. The molecule has 306 valence electrons. The van der Waals surface area contributed by atoms with Crippen LogP contribution in [0.4, 0.5) is 0 Å². The number of aromatic nitrogens is 1. The van der Waals surface area contributed by atoms with Gasteiger partial charge >= 0.3 is 0 Å². The second kappa shape index (κ2) is 16.3. The summed E-state index contributed by atoms with van der Waals surface area (Å²) >= 11 is 1.23. The predicted molar refractivity (Wildman–Crippen MR) is 216 cm³/mol. The van der Waals surface area contributed by atoms with Gasteiger partial charge in [0.05, 0.1) is 24.5 Å². The van der Waals surface area contributed by atoms with E-state index in [9.17, 15) is 32.4 Å². The highest BCUT2D eigenvalue weighted by Gasteiger charge is 2.63. The number of sulfonamides is 1. The van der Waals surface area contributed by atoms with Crippen molar-refractivity contribution in [3.05, 3.63) is 82.7 Å². The van der Waals surface area contributed by atoms with E-state index in [4.69, 9.17) is 4.74 Å². The molecule has 0 bridgehead atoms. The van der Waals surface area contributed by atoms with Gasteiger partial charge in [0.1, 0.15) is 23.4 Å². The maximum atomic E-state index is 14.7. The van der Waals surface area contributed by atoms with Crippen LogP contribution in [0.3, 0.4) is 0 Å². The van der Waals surface area contributed by atoms with Crippen molar-refractivity contribution in [1.82, 2.24) is 30.1 Å². The van der Waals surface area contributed by atoms with Crippen molar-refractivity contribution in [3.8, 4) is 17.0 Å². The fourth-order valence-corrected chi connectivity index (χ4v) is 10.8. The van der Waals surface area contributed by atoms with Crippen molar-refractivity contribution in [2.45, 2.75) is 80.7 Å². The standard InChI is InChI=1S/C42H48N6O8S2/c1-56-30-16-14-27(15-17-30)34-25-57-38(44-34)40(52)47-22-28-23-48-36(32(28)24-47)37(50)45-42(41(53)46-58(54,55)31-18-19-31)21-29(42)12-8-3-2-4-9-13-33(39(48)51)43-35(49)20-26-10-6-5-7-11-26/h5-8,10-12,14-17,25,28-29,31-33,36H,2-4,9,13,18-24H2,1H3,(H,43,49)(H,45,50)(H,46,53)/b12-8-/t28-,29+,32-,33+,36-,42-/m0/s1. The van der Waals surface area contributed by atoms with Crippen molar-refractivity contribution in [1.29, 1.82) is 0 Å². The van der Waals surface area contributed by atoms with Gasteiger partial charge < -0.3 is 25.2 Å². The van der Waals surface area contributed by atoms with Gasteiger partial charge in [-0.1, -0.05) is 55.3 Å². The number of carbonyl (C=O) groups excluding carboxylic acids is 5. The van der Waals surface area contributed by atoms with Crippen LogP contribution in [0.15, 0.2) is 72.1 Å². The van der Waals surface area contributed by atoms with Crippen LogP contribution in [-0.4, -0.2) is 102 Å². The first-order valence-corrected chi connectivity index (χ1v) is 22.5. The number of allylic oxidation sites excluding steroid dienone is 1. The molecular weight excluding hydrogens is 781 g/mol. The molecule has 0 unspecified atom stereocenters. The van der Waals surface area contributed by atoms with Crippen LogP contribution in [0.1, 0.15) is 66.7 Å². The molecule has 6 atom stereocenters. The van der Waals surface area contributed by atoms with Crippen molar-refractivity contribution in [2.24, 2.45) is 17.8 Å². The third kappa shape index (κ3) is 8.26. The Labute approximate surface area is 341 Å². The monoisotopic (exact) mass is 828 g/mol. The Morgan fingerprint density at radius 3 is 2.50 bits per heavy atom. The second-order valence-corrected chi connectivity index (χ2v) is 19.0. The number of nitrogens with one attached hydrogen (secondary N) is 3. The number of amides is 5. The Balaban J connectivity index is 1.06. The van der Waals surface area contributed by atoms with E-state index < -0.39 is 62.5 Å². The van der Waals surface area contributed by atoms with Crippen molar-refractivity contribution >= 4 is 50.9 Å². The number of rotatable bonds is 9. The van der Waals surface area contributed by atoms with Gasteiger partial charge in [-0.05, 0) is 68.4 Å². The summed E-state index contributed by atoms with van der Waals surface area (Å²) in [5.41, 5.74) is 0.765. The molecule has 2 saturated heterocycles. The number of ether oxygens (including phenoxy) is 1. The summed E-state index contributed by atoms with van der Waals surface area (Å²) < 4.78 is 33.4. The molecule has 5 aliphatic rings. The summed E-state index contributed by atoms with van der Waals surface area (Å²) in [6, 6.07) is 14.6. The molecule has 2 aromatic carbocycles. The van der Waals surface area contributed by atoms with Gasteiger partial charge in [-0.15, -0.1) is 11.3 Å². The molecule has 2 saturated carbocycles. The largest absolute Gasteiger partial charge is 0.497 e. The summed E-state index contributed by atoms with van der Waals surface area (Å²) in [5, 5.41) is 7.40. The van der Waals surface area contributed by atoms with Crippen LogP contribution >= 0.6 is 11.3 Å². The lowest BCUT2D eigenvalue weighted by Gasteiger charge is -2.33. The topological polar surface area (TPSA) is 184 Å². The van der Waals surface area contributed by atoms with E-state index in [1.807, 2.05) is 72.1 Å². The third-order valence-corrected chi connectivity index (χ3v) is 14.8. The van der Waals surface area contributed by atoms with E-state index in [-0.39, 0.29) is 50.2 Å². The van der Waals surface area contributed by atoms with Gasteiger partial charge in [0.2, 0.25) is 27.7 Å². The number of likely N-dealkylation sites (tertiary alicyclic amines) is 1. The van der Waals surface area contributed by atoms with Gasteiger partial charge in [-0.2, -0.15) is 0 Å². The molecule has 8 rings (SSSR count). The van der Waals surface area contributed by atoms with Gasteiger partial charge in [-0.25, -0.2) is 13.4 Å². The molecule has 0 spiro atoms. The summed E-state index contributed by atoms with van der Waals surface area (Å²) in [4.78, 5) is 78.5. The fourth-order valence-electron chi connectivity index (χ4n) is 8.66. The Morgan fingerprint density at radius 1 is 0.983 bits per heavy atom. The van der Waals surface area contributed by atoms with Crippen molar-refractivity contribution in [3.63, 3.8) is 0 Å². The maximum absolute atomic E-state index is 14.7. The van der Waals surface area contributed by atoms with Gasteiger partial charge in [0, 0.05) is 48.3 Å². The second-order valence-electron chi connectivity index (χ2n) is 16.1. The summed E-state index contributed by atoms with van der Waals surface area (Å²) in [6.45, 7) is 0.590. The lowest BCUT2D eigenvalue weighted by Crippen LogP contribution is -2.60. The first-order valence-electron chi connectivity index (χ1n) is 20.0. The Hall–Kier alpha value is -5.09. The minimum Gasteiger partial charge on any atom is -0.497 e. The number of fused-ring (bicyclic) bond motifs is 4. The Kier molecular flexibility index (Phi) is 11.1. The number of hydrogen-bond donors (Lipinski definition) is 3. The third-order valence-electron chi connectivity index (χ3n) is 12.1. The normalized spacial score (nSPS) is 27.8. The number of nitrogens with zero attached hydrogens (tertiary/aromatic N) is 3. The molecule has 3 N–H and O–H groups in total. The molecule has 5 amide bonds. The number of hydrogen-bond acceptors (Lipinski definition) is 10. The highest BCUT2D eigenvalue weighted by Crippen LogP contribution is 2.47. The number of methoxy groups -OCH3 is 1. The highest BCUT2D eigenvalue weighted by atomic mass is 32.2. The minimum atomic E-state index is -3.91. The zero-order chi connectivity index (χ0) is 40.6. The minimum absolute atomic E-state index is 0.0847. The molecule has 0 radical (unpaired) electrons. The van der Waals surface area contributed by atoms with Crippen molar-refractivity contribution in [2.75, 3.05) is 26.7 Å². The number of benzene rings is 2. The average molecular weight is 829 g/mol. The van der Waals surface area contributed by atoms with Crippen LogP contribution in [0.25, 0.3) is 11.3 Å². The van der Waals surface area contributed by atoms with Crippen molar-refractivity contribution < 1.29 is 37.1 Å². The smallest absolute Gasteiger partial charge is 0.282 e. The molecule has 3 aromatic rings. The number of carbonyl (C=O) groups is 5. The molecule has 1 aromatic heterocycles. The Morgan fingerprint density at radius 2 is 1.76 bits per heavy atom. The molecule has 16 heteroatoms. The van der Waals surface area contributed by atoms with Gasteiger partial charge in [-0.3, -0.25) is 28.7 Å². The predicted octanol–water partition coefficient (Wildman–Crippen LogP) is 3.45. The summed E-state index contributed by atoms with van der Waals surface area (Å²) in [5.74, 6) is -2.87. The van der Waals surface area contributed by atoms with Crippen LogP contribution in [-0.2, 0) is 35.6 Å². The maximum Gasteiger partial charge on any atom is 0.282 e. The van der Waals surface area contributed by atoms with E-state index >= 15 is 0 Å². The molecule has 14 nitrogen and oxygen atoms in total. The van der Waals surface area contributed by atoms with E-state index in [0.29, 0.717) is 48.6 Å². The molecular formula is C42H48N6O8S2. The van der Waals surface area contributed by atoms with E-state index in [1.54, 1.807) is 12.0 Å². The average Bonchev–Trinajstić information content (AvgIpc) is 4.04. The summed E-state index contributed by atoms with van der Waals surface area (Å²) in [6.07, 6.45) is 8.40. The fraction of sp³-hybridized carbons (Fsp3) is 0.476. The first kappa shape index (κ1) is 39.7. The molecule has 58 heavy (non-hydrogen) atoms. The Bertz CT molecular complexity index is 2210. The van der Waals surface area contributed by atoms with Gasteiger partial charge in [0.25, 0.3) is 11.8 Å². The number of thiazole rings is 1. The van der Waals surface area contributed by atoms with Crippen LogP contribution in [0.2, 0.25) is 0 Å². The molecule has 3 aliphatic heterocycles. The summed E-state index contributed by atoms with van der Waals surface area (Å²) in [7, 11) is -2.32. The zero-order valence-electron chi connectivity index (χ0n) is 32.3. The quantitative estimate of drug-likeness (QED) is 0.272. The lowest BCUT2D eigenvalue weighted by atomic mass is 9.93. The molecule has 4 fully saturated rings.